The molecule has 90 valence electrons. The Balaban J connectivity index is 2.24. The van der Waals surface area contributed by atoms with E-state index in [2.05, 4.69) is 19.5 Å². The van der Waals surface area contributed by atoms with Gasteiger partial charge in [0, 0.05) is 11.8 Å². The minimum Gasteiger partial charge on any atom is -0.479 e. The molecule has 17 heavy (non-hydrogen) atoms. The van der Waals surface area contributed by atoms with Gasteiger partial charge in [-0.05, 0) is 24.4 Å². The zero-order valence-corrected chi connectivity index (χ0v) is 11.0. The first-order valence-corrected chi connectivity index (χ1v) is 6.94. The van der Waals surface area contributed by atoms with Crippen LogP contribution in [0.15, 0.2) is 6.33 Å². The largest absolute Gasteiger partial charge is 0.479 e. The van der Waals surface area contributed by atoms with Crippen molar-refractivity contribution in [1.29, 1.82) is 0 Å². The molecule has 1 atom stereocenters. The maximum atomic E-state index is 5.37. The van der Waals surface area contributed by atoms with Gasteiger partial charge in [-0.25, -0.2) is 4.98 Å². The summed E-state index contributed by atoms with van der Waals surface area (Å²) in [5.41, 5.74) is 1.63. The molecule has 0 aliphatic carbocycles. The average Bonchev–Trinajstić information content (AvgIpc) is 2.93. The van der Waals surface area contributed by atoms with Gasteiger partial charge in [-0.15, -0.1) is 0 Å². The van der Waals surface area contributed by atoms with Crippen LogP contribution in [0.3, 0.4) is 0 Å². The van der Waals surface area contributed by atoms with Crippen LogP contribution < -0.4 is 4.74 Å². The molecular formula is C10H12N4OS2. The fourth-order valence-corrected chi connectivity index (χ4v) is 3.67. The van der Waals surface area contributed by atoms with Gasteiger partial charge in [0.2, 0.25) is 5.88 Å². The molecule has 0 amide bonds. The first kappa shape index (κ1) is 11.0. The van der Waals surface area contributed by atoms with Gasteiger partial charge in [0.1, 0.15) is 11.8 Å². The Hall–Kier alpha value is -1.08. The normalized spacial score (nSPS) is 19.9. The summed E-state index contributed by atoms with van der Waals surface area (Å²) in [7, 11) is 1.60. The first-order chi connectivity index (χ1) is 8.31. The second kappa shape index (κ2) is 4.30. The number of aromatic amines is 1. The summed E-state index contributed by atoms with van der Waals surface area (Å²) in [6.45, 7) is 0. The maximum absolute atomic E-state index is 5.37. The van der Waals surface area contributed by atoms with E-state index < -0.39 is 0 Å². The van der Waals surface area contributed by atoms with Crippen LogP contribution in [0.5, 0.6) is 5.88 Å². The van der Waals surface area contributed by atoms with Crippen molar-refractivity contribution in [2.75, 3.05) is 18.6 Å². The van der Waals surface area contributed by atoms with Crippen molar-refractivity contribution in [3.05, 3.63) is 11.1 Å². The second-order valence-electron chi connectivity index (χ2n) is 3.90. The SMILES string of the molecule is COc1ncnc2c1[nH]c(=S)n2C1CCSC1. The van der Waals surface area contributed by atoms with Crippen LogP contribution in [0.4, 0.5) is 0 Å². The van der Waals surface area contributed by atoms with Crippen molar-refractivity contribution in [2.24, 2.45) is 0 Å². The molecular weight excluding hydrogens is 256 g/mol. The number of imidazole rings is 1. The molecule has 0 spiro atoms. The molecule has 1 fully saturated rings. The molecule has 2 aromatic heterocycles. The second-order valence-corrected chi connectivity index (χ2v) is 5.44. The van der Waals surface area contributed by atoms with E-state index in [0.717, 1.165) is 23.3 Å². The van der Waals surface area contributed by atoms with E-state index in [-0.39, 0.29) is 0 Å². The molecule has 0 aromatic carbocycles. The number of aromatic nitrogens is 4. The van der Waals surface area contributed by atoms with Gasteiger partial charge >= 0.3 is 0 Å². The zero-order valence-electron chi connectivity index (χ0n) is 9.34. The van der Waals surface area contributed by atoms with Crippen LogP contribution in [0.2, 0.25) is 0 Å². The van der Waals surface area contributed by atoms with E-state index in [0.29, 0.717) is 16.7 Å². The number of hydrogen-bond donors (Lipinski definition) is 1. The van der Waals surface area contributed by atoms with Crippen LogP contribution in [-0.4, -0.2) is 38.1 Å². The highest BCUT2D eigenvalue weighted by Gasteiger charge is 2.22. The van der Waals surface area contributed by atoms with Crippen molar-refractivity contribution < 1.29 is 4.74 Å². The molecule has 3 rings (SSSR count). The lowest BCUT2D eigenvalue weighted by molar-refractivity contribution is 0.401. The minimum atomic E-state index is 0.431. The summed E-state index contributed by atoms with van der Waals surface area (Å²) < 4.78 is 8.00. The van der Waals surface area contributed by atoms with Crippen LogP contribution in [0.25, 0.3) is 11.2 Å². The Labute approximate surface area is 108 Å². The van der Waals surface area contributed by atoms with Crippen LogP contribution in [0.1, 0.15) is 12.5 Å². The fraction of sp³-hybridized carbons (Fsp3) is 0.500. The summed E-state index contributed by atoms with van der Waals surface area (Å²) in [5, 5.41) is 0. The minimum absolute atomic E-state index is 0.431. The first-order valence-electron chi connectivity index (χ1n) is 5.38. The highest BCUT2D eigenvalue weighted by Crippen LogP contribution is 2.31. The van der Waals surface area contributed by atoms with Crippen molar-refractivity contribution in [3.8, 4) is 5.88 Å². The highest BCUT2D eigenvalue weighted by atomic mass is 32.2. The summed E-state index contributed by atoms with van der Waals surface area (Å²) >= 11 is 7.32. The standard InChI is InChI=1S/C10H12N4OS2/c1-15-9-7-8(11-5-12-9)14(10(16)13-7)6-2-3-17-4-6/h5-6H,2-4H2,1H3,(H,13,16). The Kier molecular flexibility index (Phi) is 2.79. The lowest BCUT2D eigenvalue weighted by Crippen LogP contribution is -2.08. The molecule has 3 heterocycles. The Bertz CT molecular complexity index is 600. The van der Waals surface area contributed by atoms with Gasteiger partial charge in [0.25, 0.3) is 0 Å². The van der Waals surface area contributed by atoms with E-state index in [1.54, 1.807) is 7.11 Å². The van der Waals surface area contributed by atoms with E-state index >= 15 is 0 Å². The molecule has 2 aromatic rings. The molecule has 1 aliphatic rings. The van der Waals surface area contributed by atoms with E-state index in [9.17, 15) is 0 Å². The monoisotopic (exact) mass is 268 g/mol. The van der Waals surface area contributed by atoms with Crippen LogP contribution in [0, 0.1) is 4.77 Å². The summed E-state index contributed by atoms with van der Waals surface area (Å²) in [6.07, 6.45) is 2.65. The number of nitrogens with zero attached hydrogens (tertiary/aromatic N) is 3. The van der Waals surface area contributed by atoms with Gasteiger partial charge < -0.3 is 9.72 Å². The van der Waals surface area contributed by atoms with Crippen molar-refractivity contribution in [3.63, 3.8) is 0 Å². The quantitative estimate of drug-likeness (QED) is 0.846. The molecule has 5 nitrogen and oxygen atoms in total. The van der Waals surface area contributed by atoms with Crippen molar-refractivity contribution >= 4 is 35.1 Å². The van der Waals surface area contributed by atoms with Gasteiger partial charge in [-0.2, -0.15) is 16.7 Å². The Morgan fingerprint density at radius 1 is 1.59 bits per heavy atom. The van der Waals surface area contributed by atoms with Crippen molar-refractivity contribution in [2.45, 2.75) is 12.5 Å². The smallest absolute Gasteiger partial charge is 0.242 e. The van der Waals surface area contributed by atoms with Gasteiger partial charge in [-0.3, -0.25) is 4.57 Å². The lowest BCUT2D eigenvalue weighted by atomic mass is 10.2. The number of fused-ring (bicyclic) bond motifs is 1. The van der Waals surface area contributed by atoms with E-state index in [4.69, 9.17) is 17.0 Å². The maximum Gasteiger partial charge on any atom is 0.242 e. The summed E-state index contributed by atoms with van der Waals surface area (Å²) in [5.74, 6) is 2.82. The molecule has 1 unspecified atom stereocenters. The topological polar surface area (TPSA) is 55.7 Å². The molecule has 1 saturated heterocycles. The number of ether oxygens (including phenoxy) is 1. The van der Waals surface area contributed by atoms with Crippen LogP contribution >= 0.6 is 24.0 Å². The van der Waals surface area contributed by atoms with Gasteiger partial charge in [-0.1, -0.05) is 0 Å². The van der Waals surface area contributed by atoms with Gasteiger partial charge in [0.05, 0.1) is 7.11 Å². The number of hydrogen-bond acceptors (Lipinski definition) is 5. The predicted octanol–water partition coefficient (Wildman–Crippen LogP) is 2.18. The molecule has 0 bridgehead atoms. The lowest BCUT2D eigenvalue weighted by Gasteiger charge is -2.10. The number of thioether (sulfide) groups is 1. The highest BCUT2D eigenvalue weighted by molar-refractivity contribution is 7.99. The molecule has 0 saturated carbocycles. The average molecular weight is 268 g/mol. The molecule has 7 heteroatoms. The number of methoxy groups -OCH3 is 1. The van der Waals surface area contributed by atoms with Crippen molar-refractivity contribution in [1.82, 2.24) is 19.5 Å². The Morgan fingerprint density at radius 3 is 3.18 bits per heavy atom. The number of nitrogens with one attached hydrogen (secondary N) is 1. The van der Waals surface area contributed by atoms with Crippen LogP contribution in [-0.2, 0) is 0 Å². The zero-order chi connectivity index (χ0) is 11.8. The molecule has 0 radical (unpaired) electrons. The third-order valence-electron chi connectivity index (χ3n) is 2.94. The molecule has 1 N–H and O–H groups in total. The summed E-state index contributed by atoms with van der Waals surface area (Å²) in [4.78, 5) is 11.5. The third kappa shape index (κ3) is 1.73. The predicted molar refractivity (Wildman–Crippen MR) is 70.2 cm³/mol. The van der Waals surface area contributed by atoms with Gasteiger partial charge in [0.15, 0.2) is 10.4 Å². The van der Waals surface area contributed by atoms with E-state index in [1.165, 1.54) is 12.1 Å². The van der Waals surface area contributed by atoms with E-state index in [1.807, 2.05) is 11.8 Å². The summed E-state index contributed by atoms with van der Waals surface area (Å²) in [6, 6.07) is 0.431. The number of H-pyrrole nitrogens is 1. The third-order valence-corrected chi connectivity index (χ3v) is 4.38. The Morgan fingerprint density at radius 2 is 2.47 bits per heavy atom. The molecule has 1 aliphatic heterocycles. The number of rotatable bonds is 2. The fourth-order valence-electron chi connectivity index (χ4n) is 2.14.